The van der Waals surface area contributed by atoms with E-state index >= 15 is 0 Å². The summed E-state index contributed by atoms with van der Waals surface area (Å²) in [5.74, 6) is 0.319. The van der Waals surface area contributed by atoms with Crippen LogP contribution < -0.4 is 5.32 Å². The standard InChI is InChI=1S/C25H32ClN3O/c26-24-9-5-6-20(16-24)18-29-14-10-21(11-15-29)25(30)27-17-22-7-1-2-8-23(22)19-28-12-3-4-13-28/h1-2,5-9,16,21H,3-4,10-15,17-19H2,(H,27,30). The molecule has 2 aliphatic rings. The number of hydrogen-bond donors (Lipinski definition) is 1. The van der Waals surface area contributed by atoms with Gasteiger partial charge in [-0.25, -0.2) is 0 Å². The van der Waals surface area contributed by atoms with Crippen molar-refractivity contribution in [1.29, 1.82) is 0 Å². The Balaban J connectivity index is 1.24. The van der Waals surface area contributed by atoms with Crippen LogP contribution in [0.5, 0.6) is 0 Å². The number of rotatable bonds is 7. The normalized spacial score (nSPS) is 18.6. The van der Waals surface area contributed by atoms with Crippen LogP contribution in [0, 0.1) is 5.92 Å². The number of nitrogens with one attached hydrogen (secondary N) is 1. The number of likely N-dealkylation sites (tertiary alicyclic amines) is 2. The number of amides is 1. The fourth-order valence-electron chi connectivity index (χ4n) is 4.64. The molecular formula is C25H32ClN3O. The number of carbonyl (C=O) groups excluding carboxylic acids is 1. The van der Waals surface area contributed by atoms with Crippen molar-refractivity contribution in [1.82, 2.24) is 15.1 Å². The maximum atomic E-state index is 12.8. The zero-order valence-electron chi connectivity index (χ0n) is 17.7. The summed E-state index contributed by atoms with van der Waals surface area (Å²) in [6.45, 7) is 6.81. The van der Waals surface area contributed by atoms with Crippen molar-refractivity contribution in [3.8, 4) is 0 Å². The van der Waals surface area contributed by atoms with Gasteiger partial charge in [0.05, 0.1) is 0 Å². The fraction of sp³-hybridized carbons (Fsp3) is 0.480. The van der Waals surface area contributed by atoms with Crippen LogP contribution in [0.2, 0.25) is 5.02 Å². The number of nitrogens with zero attached hydrogens (tertiary/aromatic N) is 2. The lowest BCUT2D eigenvalue weighted by Gasteiger charge is -2.31. The molecule has 2 aromatic carbocycles. The lowest BCUT2D eigenvalue weighted by atomic mass is 9.95. The third kappa shape index (κ3) is 5.84. The summed E-state index contributed by atoms with van der Waals surface area (Å²) in [6, 6.07) is 16.6. The van der Waals surface area contributed by atoms with Crippen molar-refractivity contribution in [3.05, 3.63) is 70.2 Å². The molecule has 1 amide bonds. The van der Waals surface area contributed by atoms with Gasteiger partial charge in [0.15, 0.2) is 0 Å². The van der Waals surface area contributed by atoms with Crippen molar-refractivity contribution < 1.29 is 4.79 Å². The molecule has 2 aromatic rings. The lowest BCUT2D eigenvalue weighted by molar-refractivity contribution is -0.126. The molecule has 2 saturated heterocycles. The first-order valence-electron chi connectivity index (χ1n) is 11.2. The molecule has 2 aliphatic heterocycles. The van der Waals surface area contributed by atoms with Gasteiger partial charge in [-0.15, -0.1) is 0 Å². The Bertz CT molecular complexity index is 842. The number of piperidine rings is 1. The Hall–Kier alpha value is -1.88. The van der Waals surface area contributed by atoms with E-state index in [1.165, 1.54) is 42.6 Å². The van der Waals surface area contributed by atoms with Crippen molar-refractivity contribution in [2.75, 3.05) is 26.2 Å². The molecule has 1 N–H and O–H groups in total. The Kier molecular flexibility index (Phi) is 7.42. The first-order chi connectivity index (χ1) is 14.7. The maximum Gasteiger partial charge on any atom is 0.223 e. The highest BCUT2D eigenvalue weighted by atomic mass is 35.5. The van der Waals surface area contributed by atoms with Gasteiger partial charge in [-0.05, 0) is 80.7 Å². The zero-order chi connectivity index (χ0) is 20.8. The highest BCUT2D eigenvalue weighted by Gasteiger charge is 2.25. The highest BCUT2D eigenvalue weighted by molar-refractivity contribution is 6.30. The van der Waals surface area contributed by atoms with Crippen LogP contribution >= 0.6 is 11.6 Å². The van der Waals surface area contributed by atoms with Gasteiger partial charge in [0.2, 0.25) is 5.91 Å². The van der Waals surface area contributed by atoms with E-state index in [9.17, 15) is 4.79 Å². The van der Waals surface area contributed by atoms with Crippen molar-refractivity contribution in [3.63, 3.8) is 0 Å². The molecule has 0 aromatic heterocycles. The van der Waals surface area contributed by atoms with E-state index in [2.05, 4.69) is 45.4 Å². The van der Waals surface area contributed by atoms with Crippen molar-refractivity contribution in [2.45, 2.75) is 45.3 Å². The van der Waals surface area contributed by atoms with Gasteiger partial charge in [-0.3, -0.25) is 14.6 Å². The molecule has 2 heterocycles. The second kappa shape index (κ2) is 10.4. The van der Waals surface area contributed by atoms with Crippen LogP contribution in [0.4, 0.5) is 0 Å². The van der Waals surface area contributed by atoms with E-state index in [1.807, 2.05) is 18.2 Å². The predicted octanol–water partition coefficient (Wildman–Crippen LogP) is 4.46. The molecule has 0 unspecified atom stereocenters. The van der Waals surface area contributed by atoms with E-state index in [4.69, 9.17) is 11.6 Å². The number of halogens is 1. The smallest absolute Gasteiger partial charge is 0.223 e. The first kappa shape index (κ1) is 21.4. The van der Waals surface area contributed by atoms with Crippen LogP contribution in [0.3, 0.4) is 0 Å². The molecule has 4 rings (SSSR count). The second-order valence-electron chi connectivity index (χ2n) is 8.65. The summed E-state index contributed by atoms with van der Waals surface area (Å²) in [4.78, 5) is 17.7. The fourth-order valence-corrected chi connectivity index (χ4v) is 4.85. The molecule has 4 nitrogen and oxygen atoms in total. The molecule has 0 saturated carbocycles. The molecule has 5 heteroatoms. The zero-order valence-corrected chi connectivity index (χ0v) is 18.4. The molecule has 0 atom stereocenters. The van der Waals surface area contributed by atoms with E-state index in [1.54, 1.807) is 0 Å². The average molecular weight is 426 g/mol. The predicted molar refractivity (Wildman–Crippen MR) is 122 cm³/mol. The quantitative estimate of drug-likeness (QED) is 0.711. The molecule has 0 spiro atoms. The van der Waals surface area contributed by atoms with Crippen LogP contribution in [-0.2, 0) is 24.4 Å². The molecular weight excluding hydrogens is 394 g/mol. The number of hydrogen-bond acceptors (Lipinski definition) is 3. The second-order valence-corrected chi connectivity index (χ2v) is 9.09. The number of carbonyl (C=O) groups is 1. The largest absolute Gasteiger partial charge is 0.352 e. The van der Waals surface area contributed by atoms with E-state index in [0.29, 0.717) is 6.54 Å². The number of benzene rings is 2. The minimum atomic E-state index is 0.117. The topological polar surface area (TPSA) is 35.6 Å². The van der Waals surface area contributed by atoms with Gasteiger partial charge in [0, 0.05) is 30.6 Å². The molecule has 2 fully saturated rings. The van der Waals surface area contributed by atoms with Crippen LogP contribution in [0.15, 0.2) is 48.5 Å². The molecule has 30 heavy (non-hydrogen) atoms. The van der Waals surface area contributed by atoms with Gasteiger partial charge < -0.3 is 5.32 Å². The summed E-state index contributed by atoms with van der Waals surface area (Å²) in [6.07, 6.45) is 4.44. The Morgan fingerprint density at radius 3 is 2.33 bits per heavy atom. The average Bonchev–Trinajstić information content (AvgIpc) is 3.27. The monoisotopic (exact) mass is 425 g/mol. The van der Waals surface area contributed by atoms with Crippen LogP contribution in [0.25, 0.3) is 0 Å². The highest BCUT2D eigenvalue weighted by Crippen LogP contribution is 2.21. The summed E-state index contributed by atoms with van der Waals surface area (Å²) >= 11 is 6.10. The SMILES string of the molecule is O=C(NCc1ccccc1CN1CCCC1)C1CCN(Cc2cccc(Cl)c2)CC1. The molecule has 0 bridgehead atoms. The molecule has 160 valence electrons. The Morgan fingerprint density at radius 1 is 0.900 bits per heavy atom. The third-order valence-electron chi connectivity index (χ3n) is 6.42. The van der Waals surface area contributed by atoms with E-state index < -0.39 is 0 Å². The summed E-state index contributed by atoms with van der Waals surface area (Å²) in [7, 11) is 0. The third-order valence-corrected chi connectivity index (χ3v) is 6.65. The molecule has 0 aliphatic carbocycles. The van der Waals surface area contributed by atoms with E-state index in [0.717, 1.165) is 44.0 Å². The Labute approximate surface area is 185 Å². The lowest BCUT2D eigenvalue weighted by Crippen LogP contribution is -2.40. The van der Waals surface area contributed by atoms with E-state index in [-0.39, 0.29) is 11.8 Å². The first-order valence-corrected chi connectivity index (χ1v) is 11.6. The summed E-state index contributed by atoms with van der Waals surface area (Å²) in [5, 5.41) is 4.00. The van der Waals surface area contributed by atoms with Crippen molar-refractivity contribution >= 4 is 17.5 Å². The van der Waals surface area contributed by atoms with Crippen LogP contribution in [0.1, 0.15) is 42.4 Å². The minimum absolute atomic E-state index is 0.117. The maximum absolute atomic E-state index is 12.8. The van der Waals surface area contributed by atoms with Gasteiger partial charge in [0.1, 0.15) is 0 Å². The van der Waals surface area contributed by atoms with Crippen LogP contribution in [-0.4, -0.2) is 41.9 Å². The van der Waals surface area contributed by atoms with Gasteiger partial charge in [-0.2, -0.15) is 0 Å². The van der Waals surface area contributed by atoms with Gasteiger partial charge in [-0.1, -0.05) is 48.0 Å². The Morgan fingerprint density at radius 2 is 1.60 bits per heavy atom. The summed E-state index contributed by atoms with van der Waals surface area (Å²) in [5.41, 5.74) is 3.83. The minimum Gasteiger partial charge on any atom is -0.352 e. The molecule has 0 radical (unpaired) electrons. The van der Waals surface area contributed by atoms with Gasteiger partial charge >= 0.3 is 0 Å². The van der Waals surface area contributed by atoms with Crippen molar-refractivity contribution in [2.24, 2.45) is 5.92 Å². The summed E-state index contributed by atoms with van der Waals surface area (Å²) < 4.78 is 0. The van der Waals surface area contributed by atoms with Gasteiger partial charge in [0.25, 0.3) is 0 Å².